The first-order valence-electron chi connectivity index (χ1n) is 13.0. The summed E-state index contributed by atoms with van der Waals surface area (Å²) in [6.07, 6.45) is 3.26. The second-order valence-electron chi connectivity index (χ2n) is 10.3. The number of hydrogen-bond donors (Lipinski definition) is 2. The van der Waals surface area contributed by atoms with Crippen LogP contribution in [0, 0.1) is 12.8 Å². The van der Waals surface area contributed by atoms with Gasteiger partial charge in [-0.15, -0.1) is 0 Å². The van der Waals surface area contributed by atoms with Crippen LogP contribution in [0.15, 0.2) is 49.1 Å². The Morgan fingerprint density at radius 1 is 1.16 bits per heavy atom. The number of likely N-dealkylation sites (tertiary alicyclic amines) is 1. The molecule has 3 aromatic rings. The molecule has 0 bridgehead atoms. The van der Waals surface area contributed by atoms with E-state index in [1.54, 1.807) is 6.92 Å². The van der Waals surface area contributed by atoms with E-state index in [2.05, 4.69) is 32.2 Å². The maximum absolute atomic E-state index is 14.1. The lowest BCUT2D eigenvalue weighted by Crippen LogP contribution is -2.24. The summed E-state index contributed by atoms with van der Waals surface area (Å²) in [5.74, 6) is 1.04. The normalized spacial score (nSPS) is 18.3. The second kappa shape index (κ2) is 12.1. The Labute approximate surface area is 217 Å². The van der Waals surface area contributed by atoms with E-state index in [0.717, 1.165) is 30.8 Å². The summed E-state index contributed by atoms with van der Waals surface area (Å²) < 4.78 is 42.2. The van der Waals surface area contributed by atoms with Crippen LogP contribution in [0.1, 0.15) is 59.4 Å². The number of aromatic amines is 1. The molecule has 6 nitrogen and oxygen atoms in total. The monoisotopic (exact) mass is 514 g/mol. The van der Waals surface area contributed by atoms with E-state index in [1.807, 2.05) is 30.1 Å². The molecule has 2 fully saturated rings. The van der Waals surface area contributed by atoms with Crippen LogP contribution in [0.4, 0.5) is 18.9 Å². The second-order valence-corrected chi connectivity index (χ2v) is 10.3. The predicted molar refractivity (Wildman–Crippen MR) is 140 cm³/mol. The Hall–Kier alpha value is -2.91. The summed E-state index contributed by atoms with van der Waals surface area (Å²) in [4.78, 5) is 7.70. The van der Waals surface area contributed by atoms with Crippen LogP contribution in [0.25, 0.3) is 0 Å². The predicted octanol–water partition coefficient (Wildman–Crippen LogP) is 5.50. The molecule has 5 rings (SSSR count). The van der Waals surface area contributed by atoms with E-state index in [1.165, 1.54) is 43.5 Å². The number of nitrogens with two attached hydrogens (primary N) is 1. The van der Waals surface area contributed by atoms with Gasteiger partial charge in [0.25, 0.3) is 0 Å². The first-order chi connectivity index (χ1) is 17.7. The third kappa shape index (κ3) is 7.11. The van der Waals surface area contributed by atoms with Crippen molar-refractivity contribution in [2.75, 3.05) is 31.6 Å². The summed E-state index contributed by atoms with van der Waals surface area (Å²) in [6.45, 7) is 4.97. The summed E-state index contributed by atoms with van der Waals surface area (Å²) >= 11 is 0. The first-order valence-corrected chi connectivity index (χ1v) is 13.0. The Bertz CT molecular complexity index is 1110. The maximum Gasteiger partial charge on any atom is 0.416 e. The average Bonchev–Trinajstić information content (AvgIpc) is 3.54. The SMILES string of the molecule is Cc1cc(CN2CCC(CN)C2)cc(C(F)(F)F)c1CN(C)c1cccc(C2CCC2)c1.c1nc[nH]n1. The number of aromatic nitrogens is 3. The van der Waals surface area contributed by atoms with Crippen LogP contribution < -0.4 is 10.6 Å². The summed E-state index contributed by atoms with van der Waals surface area (Å²) in [6, 6.07) is 11.6. The Morgan fingerprint density at radius 3 is 2.54 bits per heavy atom. The van der Waals surface area contributed by atoms with Crippen molar-refractivity contribution in [2.24, 2.45) is 11.7 Å². The number of anilines is 1. The Kier molecular flexibility index (Phi) is 8.87. The minimum atomic E-state index is -4.38. The first kappa shape index (κ1) is 27.1. The summed E-state index contributed by atoms with van der Waals surface area (Å²) in [5.41, 5.74) is 9.31. The molecule has 1 saturated heterocycles. The number of benzene rings is 2. The molecule has 1 atom stereocenters. The molecule has 9 heteroatoms. The lowest BCUT2D eigenvalue weighted by molar-refractivity contribution is -0.138. The molecule has 1 aromatic heterocycles. The van der Waals surface area contributed by atoms with Gasteiger partial charge in [0.05, 0.1) is 5.56 Å². The van der Waals surface area contributed by atoms with Gasteiger partial charge in [-0.3, -0.25) is 10.00 Å². The van der Waals surface area contributed by atoms with Crippen molar-refractivity contribution in [2.45, 2.75) is 57.8 Å². The molecule has 0 amide bonds. The molecule has 0 radical (unpaired) electrons. The van der Waals surface area contributed by atoms with Crippen molar-refractivity contribution in [1.82, 2.24) is 20.1 Å². The number of alkyl halides is 3. The Balaban J connectivity index is 0.000000572. The molecule has 1 unspecified atom stereocenters. The van der Waals surface area contributed by atoms with Gasteiger partial charge in [0.2, 0.25) is 0 Å². The molecule has 200 valence electrons. The molecule has 0 spiro atoms. The van der Waals surface area contributed by atoms with Crippen LogP contribution in [0.3, 0.4) is 0 Å². The van der Waals surface area contributed by atoms with E-state index in [4.69, 9.17) is 5.73 Å². The highest BCUT2D eigenvalue weighted by atomic mass is 19.4. The van der Waals surface area contributed by atoms with E-state index in [0.29, 0.717) is 36.1 Å². The smallest absolute Gasteiger partial charge is 0.370 e. The van der Waals surface area contributed by atoms with Crippen molar-refractivity contribution in [1.29, 1.82) is 0 Å². The lowest BCUT2D eigenvalue weighted by Gasteiger charge is -2.28. The van der Waals surface area contributed by atoms with Crippen molar-refractivity contribution in [3.63, 3.8) is 0 Å². The van der Waals surface area contributed by atoms with Crippen LogP contribution >= 0.6 is 0 Å². The van der Waals surface area contributed by atoms with Gasteiger partial charge in [-0.05, 0) is 91.6 Å². The van der Waals surface area contributed by atoms with Crippen LogP contribution in [-0.2, 0) is 19.3 Å². The molecule has 1 saturated carbocycles. The highest BCUT2D eigenvalue weighted by molar-refractivity contribution is 5.51. The van der Waals surface area contributed by atoms with Crippen molar-refractivity contribution in [3.8, 4) is 0 Å². The number of hydrogen-bond acceptors (Lipinski definition) is 5. The molecule has 37 heavy (non-hydrogen) atoms. The molecule has 1 aliphatic carbocycles. The van der Waals surface area contributed by atoms with Gasteiger partial charge < -0.3 is 10.6 Å². The van der Waals surface area contributed by atoms with Crippen LogP contribution in [0.2, 0.25) is 0 Å². The van der Waals surface area contributed by atoms with E-state index in [9.17, 15) is 13.2 Å². The fourth-order valence-electron chi connectivity index (χ4n) is 5.21. The minimum Gasteiger partial charge on any atom is -0.370 e. The van der Waals surface area contributed by atoms with E-state index in [-0.39, 0.29) is 6.54 Å². The molecular weight excluding hydrogens is 477 g/mol. The van der Waals surface area contributed by atoms with Gasteiger partial charge in [-0.25, -0.2) is 4.98 Å². The van der Waals surface area contributed by atoms with Gasteiger partial charge in [0, 0.05) is 32.4 Å². The Morgan fingerprint density at radius 2 is 1.97 bits per heavy atom. The molecule has 3 N–H and O–H groups in total. The van der Waals surface area contributed by atoms with Crippen LogP contribution in [0.5, 0.6) is 0 Å². The molecule has 2 aromatic carbocycles. The number of aryl methyl sites for hydroxylation is 1. The minimum absolute atomic E-state index is 0.230. The van der Waals surface area contributed by atoms with Gasteiger partial charge in [0.15, 0.2) is 0 Å². The molecule has 2 aliphatic rings. The number of rotatable bonds is 7. The molecular formula is C28H37F3N6. The van der Waals surface area contributed by atoms with Gasteiger partial charge in [-0.2, -0.15) is 18.3 Å². The third-order valence-electron chi connectivity index (χ3n) is 7.56. The zero-order valence-electron chi connectivity index (χ0n) is 21.6. The van der Waals surface area contributed by atoms with Crippen molar-refractivity contribution < 1.29 is 13.2 Å². The third-order valence-corrected chi connectivity index (χ3v) is 7.56. The fourth-order valence-corrected chi connectivity index (χ4v) is 5.21. The standard InChI is InChI=1S/C26H34F3N3.C2H3N3/c1-18-11-20(16-32-10-9-19(14-30)15-32)12-25(26(27,28)29)24(18)17-31(2)23-8-4-7-22(13-23)21-5-3-6-21;1-3-2-5-4-1/h4,7-8,11-13,19,21H,3,5-6,9-10,14-17,30H2,1-2H3;1-2H,(H,3,4,5). The summed E-state index contributed by atoms with van der Waals surface area (Å²) in [7, 11) is 1.88. The number of nitrogens with zero attached hydrogens (tertiary/aromatic N) is 4. The summed E-state index contributed by atoms with van der Waals surface area (Å²) in [5, 5.41) is 5.99. The fraction of sp³-hybridized carbons (Fsp3) is 0.500. The quantitative estimate of drug-likeness (QED) is 0.435. The maximum atomic E-state index is 14.1. The van der Waals surface area contributed by atoms with Gasteiger partial charge >= 0.3 is 6.18 Å². The zero-order valence-corrected chi connectivity index (χ0v) is 21.6. The largest absolute Gasteiger partial charge is 0.416 e. The number of nitrogens with one attached hydrogen (secondary N) is 1. The van der Waals surface area contributed by atoms with Crippen LogP contribution in [-0.4, -0.2) is 46.8 Å². The topological polar surface area (TPSA) is 74.1 Å². The molecule has 2 heterocycles. The van der Waals surface area contributed by atoms with E-state index >= 15 is 0 Å². The highest BCUT2D eigenvalue weighted by Gasteiger charge is 2.35. The molecule has 1 aliphatic heterocycles. The zero-order chi connectivity index (χ0) is 26.4. The van der Waals surface area contributed by atoms with Gasteiger partial charge in [-0.1, -0.05) is 24.6 Å². The number of halogens is 3. The van der Waals surface area contributed by atoms with Crippen molar-refractivity contribution in [3.05, 3.63) is 76.9 Å². The highest BCUT2D eigenvalue weighted by Crippen LogP contribution is 2.39. The lowest BCUT2D eigenvalue weighted by atomic mass is 9.80. The van der Waals surface area contributed by atoms with Crippen molar-refractivity contribution >= 4 is 5.69 Å². The van der Waals surface area contributed by atoms with Gasteiger partial charge in [0.1, 0.15) is 12.7 Å². The average molecular weight is 515 g/mol. The van der Waals surface area contributed by atoms with E-state index < -0.39 is 11.7 Å². The number of H-pyrrole nitrogens is 1.